The Morgan fingerprint density at radius 2 is 2.06 bits per heavy atom. The summed E-state index contributed by atoms with van der Waals surface area (Å²) in [5, 5.41) is 0. The van der Waals surface area contributed by atoms with Crippen LogP contribution in [0.25, 0.3) is 0 Å². The summed E-state index contributed by atoms with van der Waals surface area (Å²) >= 11 is 3.38. The summed E-state index contributed by atoms with van der Waals surface area (Å²) in [5.74, 6) is 0.249. The predicted octanol–water partition coefficient (Wildman–Crippen LogP) is 3.28. The average Bonchev–Trinajstić information content (AvgIpc) is 2.30. The summed E-state index contributed by atoms with van der Waals surface area (Å²) in [5.41, 5.74) is 0. The second-order valence-electron chi connectivity index (χ2n) is 4.06. The number of alkyl halides is 1. The fourth-order valence-electron chi connectivity index (χ4n) is 1.15. The SMILES string of the molecule is C=CCC/C=C/CO/C(=C/C(C)Br)C(=O)N(C)C. The maximum Gasteiger partial charge on any atom is 0.288 e. The lowest BCUT2D eigenvalue weighted by Gasteiger charge is -2.14. The van der Waals surface area contributed by atoms with E-state index in [1.807, 2.05) is 25.2 Å². The van der Waals surface area contributed by atoms with E-state index in [0.29, 0.717) is 12.4 Å². The van der Waals surface area contributed by atoms with Crippen molar-refractivity contribution < 1.29 is 9.53 Å². The Bertz CT molecular complexity index is 320. The molecule has 0 aromatic rings. The summed E-state index contributed by atoms with van der Waals surface area (Å²) in [6.45, 7) is 5.99. The highest BCUT2D eigenvalue weighted by Crippen LogP contribution is 2.08. The molecule has 0 bridgehead atoms. The first-order valence-corrected chi connectivity index (χ1v) is 6.86. The maximum atomic E-state index is 11.8. The van der Waals surface area contributed by atoms with Crippen molar-refractivity contribution in [1.82, 2.24) is 4.90 Å². The molecule has 1 atom stereocenters. The van der Waals surface area contributed by atoms with Crippen molar-refractivity contribution in [2.75, 3.05) is 20.7 Å². The van der Waals surface area contributed by atoms with Crippen LogP contribution in [0.5, 0.6) is 0 Å². The van der Waals surface area contributed by atoms with Gasteiger partial charge in [0.1, 0.15) is 6.61 Å². The molecule has 0 N–H and O–H groups in total. The standard InChI is InChI=1S/C14H22BrNO2/c1-5-6-7-8-9-10-18-13(11-12(2)15)14(17)16(3)4/h5,8-9,11-12H,1,6-7,10H2,2-4H3/b9-8+,13-11+. The van der Waals surface area contributed by atoms with Gasteiger partial charge in [0, 0.05) is 18.9 Å². The van der Waals surface area contributed by atoms with E-state index in [4.69, 9.17) is 4.74 Å². The van der Waals surface area contributed by atoms with Gasteiger partial charge in [-0.2, -0.15) is 0 Å². The van der Waals surface area contributed by atoms with Crippen LogP contribution in [0.15, 0.2) is 36.6 Å². The smallest absolute Gasteiger partial charge is 0.288 e. The van der Waals surface area contributed by atoms with Crippen LogP contribution < -0.4 is 0 Å². The molecule has 0 aliphatic rings. The van der Waals surface area contributed by atoms with Crippen LogP contribution in [0, 0.1) is 0 Å². The zero-order valence-corrected chi connectivity index (χ0v) is 12.9. The third-order valence-electron chi connectivity index (χ3n) is 2.04. The molecule has 0 saturated carbocycles. The molecule has 4 heteroatoms. The number of amides is 1. The molecule has 0 fully saturated rings. The fourth-order valence-corrected chi connectivity index (χ4v) is 1.39. The first-order valence-electron chi connectivity index (χ1n) is 5.95. The van der Waals surface area contributed by atoms with Gasteiger partial charge in [0.05, 0.1) is 0 Å². The molecule has 0 aliphatic heterocycles. The number of unbranched alkanes of at least 4 members (excludes halogenated alkanes) is 1. The van der Waals surface area contributed by atoms with E-state index >= 15 is 0 Å². The minimum absolute atomic E-state index is 0.0983. The van der Waals surface area contributed by atoms with Crippen molar-refractivity contribution >= 4 is 21.8 Å². The van der Waals surface area contributed by atoms with E-state index < -0.39 is 0 Å². The Morgan fingerprint density at radius 1 is 1.39 bits per heavy atom. The maximum absolute atomic E-state index is 11.8. The van der Waals surface area contributed by atoms with Gasteiger partial charge in [-0.15, -0.1) is 6.58 Å². The number of carbonyl (C=O) groups excluding carboxylic acids is 1. The Morgan fingerprint density at radius 3 is 2.56 bits per heavy atom. The van der Waals surface area contributed by atoms with Crippen molar-refractivity contribution in [2.45, 2.75) is 24.6 Å². The van der Waals surface area contributed by atoms with E-state index in [0.717, 1.165) is 12.8 Å². The van der Waals surface area contributed by atoms with E-state index in [-0.39, 0.29) is 10.7 Å². The lowest BCUT2D eigenvalue weighted by molar-refractivity contribution is -0.128. The van der Waals surface area contributed by atoms with Crippen molar-refractivity contribution in [3.63, 3.8) is 0 Å². The number of allylic oxidation sites excluding steroid dienone is 3. The van der Waals surface area contributed by atoms with Gasteiger partial charge in [0.2, 0.25) is 0 Å². The van der Waals surface area contributed by atoms with Crippen LogP contribution in [0.2, 0.25) is 0 Å². The molecule has 0 spiro atoms. The summed E-state index contributed by atoms with van der Waals surface area (Å²) in [4.78, 5) is 13.4. The van der Waals surface area contributed by atoms with Gasteiger partial charge in [-0.1, -0.05) is 34.2 Å². The molecule has 1 unspecified atom stereocenters. The minimum Gasteiger partial charge on any atom is -0.484 e. The monoisotopic (exact) mass is 315 g/mol. The van der Waals surface area contributed by atoms with Crippen LogP contribution in [0.1, 0.15) is 19.8 Å². The van der Waals surface area contributed by atoms with Gasteiger partial charge >= 0.3 is 0 Å². The number of rotatable bonds is 8. The van der Waals surface area contributed by atoms with E-state index in [9.17, 15) is 4.79 Å². The van der Waals surface area contributed by atoms with Crippen molar-refractivity contribution in [1.29, 1.82) is 0 Å². The van der Waals surface area contributed by atoms with Crippen LogP contribution in [-0.2, 0) is 9.53 Å². The summed E-state index contributed by atoms with van der Waals surface area (Å²) < 4.78 is 5.48. The van der Waals surface area contributed by atoms with E-state index in [1.165, 1.54) is 4.90 Å². The zero-order valence-electron chi connectivity index (χ0n) is 11.4. The molecular weight excluding hydrogens is 294 g/mol. The minimum atomic E-state index is -0.124. The van der Waals surface area contributed by atoms with Crippen LogP contribution in [0.4, 0.5) is 0 Å². The normalized spacial score (nSPS) is 13.4. The highest BCUT2D eigenvalue weighted by molar-refractivity contribution is 9.09. The molecule has 0 aromatic heterocycles. The molecule has 0 saturated heterocycles. The first kappa shape index (κ1) is 17.0. The fraction of sp³-hybridized carbons (Fsp3) is 0.500. The van der Waals surface area contributed by atoms with Gasteiger partial charge in [-0.25, -0.2) is 0 Å². The second kappa shape index (κ2) is 9.95. The van der Waals surface area contributed by atoms with Crippen LogP contribution >= 0.6 is 15.9 Å². The zero-order chi connectivity index (χ0) is 14.0. The molecule has 0 aliphatic carbocycles. The number of likely N-dealkylation sites (N-methyl/N-ethyl adjacent to an activating group) is 1. The second-order valence-corrected chi connectivity index (χ2v) is 5.50. The molecule has 3 nitrogen and oxygen atoms in total. The number of nitrogens with zero attached hydrogens (tertiary/aromatic N) is 1. The summed E-state index contributed by atoms with van der Waals surface area (Å²) in [6, 6.07) is 0. The molecular formula is C14H22BrNO2. The summed E-state index contributed by atoms with van der Waals surface area (Å²) in [6.07, 6.45) is 9.48. The molecule has 0 aromatic carbocycles. The number of carbonyl (C=O) groups is 1. The average molecular weight is 316 g/mol. The first-order chi connectivity index (χ1) is 8.49. The molecule has 1 amide bonds. The highest BCUT2D eigenvalue weighted by atomic mass is 79.9. The van der Waals surface area contributed by atoms with Gasteiger partial charge in [-0.3, -0.25) is 4.79 Å². The largest absolute Gasteiger partial charge is 0.484 e. The van der Waals surface area contributed by atoms with Gasteiger partial charge in [0.25, 0.3) is 5.91 Å². The lowest BCUT2D eigenvalue weighted by Crippen LogP contribution is -2.25. The Balaban J connectivity index is 4.31. The number of hydrogen-bond donors (Lipinski definition) is 0. The third-order valence-corrected chi connectivity index (χ3v) is 2.30. The van der Waals surface area contributed by atoms with Crippen molar-refractivity contribution in [3.8, 4) is 0 Å². The Hall–Kier alpha value is -1.03. The number of hydrogen-bond acceptors (Lipinski definition) is 2. The van der Waals surface area contributed by atoms with Crippen LogP contribution in [-0.4, -0.2) is 36.3 Å². The molecule has 0 radical (unpaired) electrons. The van der Waals surface area contributed by atoms with Gasteiger partial charge in [0.15, 0.2) is 5.76 Å². The third kappa shape index (κ3) is 8.12. The topological polar surface area (TPSA) is 29.5 Å². The van der Waals surface area contributed by atoms with E-state index in [2.05, 4.69) is 22.5 Å². The predicted molar refractivity (Wildman–Crippen MR) is 79.7 cm³/mol. The van der Waals surface area contributed by atoms with Gasteiger partial charge < -0.3 is 9.64 Å². The highest BCUT2D eigenvalue weighted by Gasteiger charge is 2.13. The van der Waals surface area contributed by atoms with Crippen molar-refractivity contribution in [2.24, 2.45) is 0 Å². The summed E-state index contributed by atoms with van der Waals surface area (Å²) in [7, 11) is 3.41. The van der Waals surface area contributed by atoms with E-state index in [1.54, 1.807) is 20.2 Å². The molecule has 102 valence electrons. The Labute approximate surface area is 118 Å². The molecule has 18 heavy (non-hydrogen) atoms. The number of ether oxygens (including phenoxy) is 1. The molecule has 0 rings (SSSR count). The number of halogens is 1. The van der Waals surface area contributed by atoms with Gasteiger partial charge in [-0.05, 0) is 25.8 Å². The Kier molecular flexibility index (Phi) is 9.38. The molecule has 0 heterocycles. The van der Waals surface area contributed by atoms with Crippen LogP contribution in [0.3, 0.4) is 0 Å². The lowest BCUT2D eigenvalue weighted by atomic mass is 10.3. The quantitative estimate of drug-likeness (QED) is 0.226. The van der Waals surface area contributed by atoms with Crippen molar-refractivity contribution in [3.05, 3.63) is 36.6 Å².